The number of aryl methyl sites for hydroxylation is 1. The Balaban J connectivity index is 2.46. The van der Waals surface area contributed by atoms with E-state index in [4.69, 9.17) is 11.6 Å². The van der Waals surface area contributed by atoms with Gasteiger partial charge in [-0.15, -0.1) is 0 Å². The van der Waals surface area contributed by atoms with Crippen LogP contribution >= 0.6 is 11.6 Å². The fraction of sp³-hybridized carbons (Fsp3) is 0.333. The summed E-state index contributed by atoms with van der Waals surface area (Å²) in [7, 11) is 1.91. The summed E-state index contributed by atoms with van der Waals surface area (Å²) in [6, 6.07) is 6.04. The first-order chi connectivity index (χ1) is 7.70. The van der Waals surface area contributed by atoms with Gasteiger partial charge in [0.2, 0.25) is 0 Å². The molecule has 2 aromatic rings. The number of hydrogen-bond acceptors (Lipinski definition) is 3. The molecule has 0 bridgehead atoms. The highest BCUT2D eigenvalue weighted by molar-refractivity contribution is 6.34. The number of hydrogen-bond donors (Lipinski definition) is 1. The first kappa shape index (κ1) is 11.3. The highest BCUT2D eigenvalue weighted by Gasteiger charge is 2.05. The number of likely N-dealkylation sites (N-methyl/N-ethyl adjacent to an activating group) is 1. The van der Waals surface area contributed by atoms with Crippen LogP contribution in [0.25, 0.3) is 10.9 Å². The first-order valence-electron chi connectivity index (χ1n) is 5.28. The Morgan fingerprint density at radius 2 is 2.12 bits per heavy atom. The summed E-state index contributed by atoms with van der Waals surface area (Å²) in [6.45, 7) is 2.89. The van der Waals surface area contributed by atoms with Crippen LogP contribution in [-0.4, -0.2) is 23.6 Å². The summed E-state index contributed by atoms with van der Waals surface area (Å²) in [5.41, 5.74) is 2.08. The van der Waals surface area contributed by atoms with E-state index >= 15 is 0 Å². The molecule has 0 saturated carbocycles. The summed E-state index contributed by atoms with van der Waals surface area (Å²) in [6.07, 6.45) is 0.792. The van der Waals surface area contributed by atoms with Crippen LogP contribution in [0.15, 0.2) is 18.2 Å². The number of aromatic nitrogens is 2. The van der Waals surface area contributed by atoms with Gasteiger partial charge < -0.3 is 5.32 Å². The molecule has 0 aliphatic heterocycles. The lowest BCUT2D eigenvalue weighted by Gasteiger charge is -2.04. The molecule has 0 aliphatic rings. The van der Waals surface area contributed by atoms with Crippen molar-refractivity contribution < 1.29 is 0 Å². The van der Waals surface area contributed by atoms with E-state index in [1.54, 1.807) is 0 Å². The Morgan fingerprint density at radius 1 is 1.31 bits per heavy atom. The second-order valence-electron chi connectivity index (χ2n) is 3.80. The van der Waals surface area contributed by atoms with Crippen molar-refractivity contribution in [2.75, 3.05) is 13.6 Å². The van der Waals surface area contributed by atoms with E-state index in [9.17, 15) is 0 Å². The maximum Gasteiger partial charge on any atom is 0.140 e. The second-order valence-corrected chi connectivity index (χ2v) is 4.16. The Morgan fingerprint density at radius 3 is 2.88 bits per heavy atom. The molecule has 0 atom stereocenters. The van der Waals surface area contributed by atoms with Gasteiger partial charge in [-0.25, -0.2) is 9.97 Å². The van der Waals surface area contributed by atoms with Gasteiger partial charge in [0.05, 0.1) is 5.52 Å². The summed E-state index contributed by atoms with van der Waals surface area (Å²) in [4.78, 5) is 8.77. The third-order valence-corrected chi connectivity index (χ3v) is 2.74. The number of benzene rings is 1. The fourth-order valence-corrected chi connectivity index (χ4v) is 1.85. The largest absolute Gasteiger partial charge is 0.319 e. The molecule has 1 aromatic carbocycles. The van der Waals surface area contributed by atoms with E-state index in [0.717, 1.165) is 29.7 Å². The van der Waals surface area contributed by atoms with Gasteiger partial charge in [0.1, 0.15) is 11.0 Å². The minimum atomic E-state index is 0.541. The highest BCUT2D eigenvalue weighted by Crippen LogP contribution is 2.21. The Kier molecular flexibility index (Phi) is 3.36. The molecule has 3 nitrogen and oxygen atoms in total. The molecule has 0 unspecified atom stereocenters. The number of fused-ring (bicyclic) bond motifs is 1. The van der Waals surface area contributed by atoms with Crippen LogP contribution in [0.5, 0.6) is 0 Å². The molecule has 1 N–H and O–H groups in total. The molecule has 0 aliphatic carbocycles. The van der Waals surface area contributed by atoms with E-state index in [-0.39, 0.29) is 0 Å². The highest BCUT2D eigenvalue weighted by atomic mass is 35.5. The van der Waals surface area contributed by atoms with Crippen LogP contribution in [0.1, 0.15) is 11.4 Å². The second kappa shape index (κ2) is 4.76. The van der Waals surface area contributed by atoms with Gasteiger partial charge in [-0.1, -0.05) is 23.2 Å². The van der Waals surface area contributed by atoms with Gasteiger partial charge in [0.15, 0.2) is 0 Å². The standard InChI is InChI=1S/C12H14ClN3/c1-8-3-4-10-9(7-8)12(13)16-11(15-10)5-6-14-2/h3-4,7,14H,5-6H2,1-2H3. The number of rotatable bonds is 3. The quantitative estimate of drug-likeness (QED) is 0.830. The minimum Gasteiger partial charge on any atom is -0.319 e. The van der Waals surface area contributed by atoms with E-state index < -0.39 is 0 Å². The van der Waals surface area contributed by atoms with Gasteiger partial charge in [0.25, 0.3) is 0 Å². The van der Waals surface area contributed by atoms with Crippen molar-refractivity contribution in [1.82, 2.24) is 15.3 Å². The predicted molar refractivity (Wildman–Crippen MR) is 66.9 cm³/mol. The molecular weight excluding hydrogens is 222 g/mol. The van der Waals surface area contributed by atoms with Crippen LogP contribution in [0.3, 0.4) is 0 Å². The summed E-state index contributed by atoms with van der Waals surface area (Å²) < 4.78 is 0. The van der Waals surface area contributed by atoms with Crippen LogP contribution < -0.4 is 5.32 Å². The third-order valence-electron chi connectivity index (χ3n) is 2.45. The SMILES string of the molecule is CNCCc1nc(Cl)c2cc(C)ccc2n1. The molecule has 4 heteroatoms. The topological polar surface area (TPSA) is 37.8 Å². The molecule has 0 spiro atoms. The molecular formula is C12H14ClN3. The Bertz CT molecular complexity index is 511. The fourth-order valence-electron chi connectivity index (χ4n) is 1.60. The van der Waals surface area contributed by atoms with Crippen molar-refractivity contribution in [3.63, 3.8) is 0 Å². The average molecular weight is 236 g/mol. The van der Waals surface area contributed by atoms with Gasteiger partial charge in [-0.3, -0.25) is 0 Å². The summed E-state index contributed by atoms with van der Waals surface area (Å²) >= 11 is 6.14. The Labute approximate surface area is 99.9 Å². The lowest BCUT2D eigenvalue weighted by atomic mass is 10.2. The van der Waals surface area contributed by atoms with Gasteiger partial charge >= 0.3 is 0 Å². The zero-order chi connectivity index (χ0) is 11.5. The van der Waals surface area contributed by atoms with E-state index in [0.29, 0.717) is 5.15 Å². The molecule has 0 amide bonds. The van der Waals surface area contributed by atoms with Gasteiger partial charge in [0, 0.05) is 18.4 Å². The molecule has 84 valence electrons. The molecule has 1 aromatic heterocycles. The zero-order valence-electron chi connectivity index (χ0n) is 9.42. The monoisotopic (exact) mass is 235 g/mol. The summed E-state index contributed by atoms with van der Waals surface area (Å²) in [5, 5.41) is 4.54. The van der Waals surface area contributed by atoms with E-state index in [2.05, 4.69) is 15.3 Å². The lowest BCUT2D eigenvalue weighted by Crippen LogP contribution is -2.12. The van der Waals surface area contributed by atoms with Crippen LogP contribution in [0, 0.1) is 6.92 Å². The van der Waals surface area contributed by atoms with Gasteiger partial charge in [-0.05, 0) is 26.1 Å². The van der Waals surface area contributed by atoms with Crippen molar-refractivity contribution in [2.24, 2.45) is 0 Å². The van der Waals surface area contributed by atoms with Crippen molar-refractivity contribution in [3.05, 3.63) is 34.7 Å². The maximum absolute atomic E-state index is 6.14. The minimum absolute atomic E-state index is 0.541. The van der Waals surface area contributed by atoms with Gasteiger partial charge in [-0.2, -0.15) is 0 Å². The number of nitrogens with zero attached hydrogens (tertiary/aromatic N) is 2. The molecule has 16 heavy (non-hydrogen) atoms. The average Bonchev–Trinajstić information content (AvgIpc) is 2.27. The molecule has 2 rings (SSSR count). The predicted octanol–water partition coefficient (Wildman–Crippen LogP) is 2.35. The molecule has 0 radical (unpaired) electrons. The van der Waals surface area contributed by atoms with E-state index in [1.807, 2.05) is 32.2 Å². The zero-order valence-corrected chi connectivity index (χ0v) is 10.2. The first-order valence-corrected chi connectivity index (χ1v) is 5.66. The number of nitrogens with one attached hydrogen (secondary N) is 1. The molecule has 0 saturated heterocycles. The summed E-state index contributed by atoms with van der Waals surface area (Å²) in [5.74, 6) is 0.788. The van der Waals surface area contributed by atoms with Crippen LogP contribution in [0.2, 0.25) is 5.15 Å². The van der Waals surface area contributed by atoms with Crippen LogP contribution in [0.4, 0.5) is 0 Å². The Hall–Kier alpha value is -1.19. The molecule has 1 heterocycles. The van der Waals surface area contributed by atoms with Crippen molar-refractivity contribution in [3.8, 4) is 0 Å². The van der Waals surface area contributed by atoms with E-state index in [1.165, 1.54) is 5.56 Å². The normalized spacial score (nSPS) is 10.9. The smallest absolute Gasteiger partial charge is 0.140 e. The number of halogens is 1. The maximum atomic E-state index is 6.14. The van der Waals surface area contributed by atoms with Crippen LogP contribution in [-0.2, 0) is 6.42 Å². The third kappa shape index (κ3) is 2.31. The van der Waals surface area contributed by atoms with Crippen molar-refractivity contribution in [1.29, 1.82) is 0 Å². The molecule has 0 fully saturated rings. The van der Waals surface area contributed by atoms with Crippen molar-refractivity contribution >= 4 is 22.5 Å². The lowest BCUT2D eigenvalue weighted by molar-refractivity contribution is 0.759. The van der Waals surface area contributed by atoms with Crippen molar-refractivity contribution in [2.45, 2.75) is 13.3 Å².